The molecule has 2 amide bonds. The Morgan fingerprint density at radius 3 is 2.29 bits per heavy atom. The summed E-state index contributed by atoms with van der Waals surface area (Å²) in [7, 11) is 0. The van der Waals surface area contributed by atoms with E-state index < -0.39 is 0 Å². The number of benzene rings is 2. The normalized spacial score (nSPS) is 10.4. The zero-order valence-electron chi connectivity index (χ0n) is 16.2. The predicted octanol–water partition coefficient (Wildman–Crippen LogP) is 4.64. The van der Waals surface area contributed by atoms with Crippen LogP contribution < -0.4 is 10.6 Å². The first-order chi connectivity index (χ1) is 13.4. The van der Waals surface area contributed by atoms with Crippen molar-refractivity contribution in [3.8, 4) is 0 Å². The fourth-order valence-corrected chi connectivity index (χ4v) is 2.90. The number of ketones is 1. The van der Waals surface area contributed by atoms with Crippen LogP contribution in [0.1, 0.15) is 59.4 Å². The number of nitrogens with one attached hydrogen (secondary N) is 2. The van der Waals surface area contributed by atoms with Gasteiger partial charge >= 0.3 is 0 Å². The van der Waals surface area contributed by atoms with Gasteiger partial charge in [-0.25, -0.2) is 0 Å². The molecule has 0 bridgehead atoms. The van der Waals surface area contributed by atoms with Gasteiger partial charge < -0.3 is 10.6 Å². The molecule has 2 aromatic carbocycles. The number of anilines is 1. The lowest BCUT2D eigenvalue weighted by molar-refractivity contribution is -0.116. The van der Waals surface area contributed by atoms with Crippen LogP contribution in [-0.2, 0) is 11.2 Å². The second kappa shape index (κ2) is 10.6. The second-order valence-electron chi connectivity index (χ2n) is 6.47. The van der Waals surface area contributed by atoms with E-state index in [0.29, 0.717) is 23.4 Å². The van der Waals surface area contributed by atoms with Crippen molar-refractivity contribution in [2.75, 3.05) is 11.9 Å². The lowest BCUT2D eigenvalue weighted by Crippen LogP contribution is -2.24. The van der Waals surface area contributed by atoms with Crippen molar-refractivity contribution in [1.29, 1.82) is 0 Å². The van der Waals surface area contributed by atoms with Crippen molar-refractivity contribution >= 4 is 34.9 Å². The summed E-state index contributed by atoms with van der Waals surface area (Å²) in [4.78, 5) is 36.3. The minimum absolute atomic E-state index is 0.0706. The highest BCUT2D eigenvalue weighted by Crippen LogP contribution is 2.21. The second-order valence-corrected chi connectivity index (χ2v) is 6.88. The summed E-state index contributed by atoms with van der Waals surface area (Å²) in [5.41, 5.74) is 2.62. The van der Waals surface area contributed by atoms with Gasteiger partial charge in [-0.2, -0.15) is 0 Å². The molecule has 0 aromatic heterocycles. The molecule has 148 valence electrons. The van der Waals surface area contributed by atoms with Crippen LogP contribution in [0.4, 0.5) is 5.69 Å². The van der Waals surface area contributed by atoms with Crippen LogP contribution in [0.25, 0.3) is 0 Å². The third-order valence-electron chi connectivity index (χ3n) is 4.30. The van der Waals surface area contributed by atoms with Gasteiger partial charge in [0, 0.05) is 30.6 Å². The molecule has 0 aliphatic heterocycles. The van der Waals surface area contributed by atoms with Gasteiger partial charge in [-0.3, -0.25) is 14.4 Å². The van der Waals surface area contributed by atoms with E-state index in [0.717, 1.165) is 18.4 Å². The van der Waals surface area contributed by atoms with E-state index >= 15 is 0 Å². The number of aryl methyl sites for hydroxylation is 1. The first-order valence-electron chi connectivity index (χ1n) is 9.44. The number of carbonyl (C=O) groups is 3. The lowest BCUT2D eigenvalue weighted by Gasteiger charge is -2.09. The van der Waals surface area contributed by atoms with E-state index in [1.54, 1.807) is 24.3 Å². The first-order valence-corrected chi connectivity index (χ1v) is 9.82. The van der Waals surface area contributed by atoms with Crippen LogP contribution in [0.15, 0.2) is 42.5 Å². The molecule has 0 fully saturated rings. The molecule has 0 aliphatic carbocycles. The molecule has 5 nitrogen and oxygen atoms in total. The van der Waals surface area contributed by atoms with Crippen molar-refractivity contribution in [2.24, 2.45) is 0 Å². The number of Topliss-reactive ketones (excluding diaryl/α,β-unsaturated/α-hetero) is 1. The van der Waals surface area contributed by atoms with E-state index in [1.807, 2.05) is 19.1 Å². The van der Waals surface area contributed by atoms with Gasteiger partial charge in [0.25, 0.3) is 5.91 Å². The SMILES string of the molecule is CCCNC(=O)c1ccc(NC(=O)CCC(=O)c2ccc(CC)cc2)cc1Cl. The van der Waals surface area contributed by atoms with E-state index in [9.17, 15) is 14.4 Å². The topological polar surface area (TPSA) is 75.3 Å². The van der Waals surface area contributed by atoms with Gasteiger partial charge in [-0.05, 0) is 36.6 Å². The number of amides is 2. The standard InChI is InChI=1S/C22H25ClN2O3/c1-3-13-24-22(28)18-10-9-17(14-19(18)23)25-21(27)12-11-20(26)16-7-5-15(4-2)6-8-16/h5-10,14H,3-4,11-13H2,1-2H3,(H,24,28)(H,25,27). The maximum atomic E-state index is 12.2. The summed E-state index contributed by atoms with van der Waals surface area (Å²) in [6.45, 7) is 4.59. The predicted molar refractivity (Wildman–Crippen MR) is 112 cm³/mol. The highest BCUT2D eigenvalue weighted by Gasteiger charge is 2.13. The number of hydrogen-bond donors (Lipinski definition) is 2. The van der Waals surface area contributed by atoms with Crippen LogP contribution in [0.2, 0.25) is 5.02 Å². The molecule has 2 N–H and O–H groups in total. The first kappa shape index (κ1) is 21.6. The Morgan fingerprint density at radius 1 is 0.964 bits per heavy atom. The Kier molecular flexibility index (Phi) is 8.20. The fourth-order valence-electron chi connectivity index (χ4n) is 2.63. The molecule has 0 saturated carbocycles. The molecule has 0 saturated heterocycles. The van der Waals surface area contributed by atoms with Crippen LogP contribution in [0, 0.1) is 0 Å². The van der Waals surface area contributed by atoms with Crippen molar-refractivity contribution < 1.29 is 14.4 Å². The minimum Gasteiger partial charge on any atom is -0.352 e. The summed E-state index contributed by atoms with van der Waals surface area (Å²) in [6.07, 6.45) is 1.95. The van der Waals surface area contributed by atoms with Crippen LogP contribution >= 0.6 is 11.6 Å². The zero-order valence-corrected chi connectivity index (χ0v) is 16.9. The maximum Gasteiger partial charge on any atom is 0.252 e. The van der Waals surface area contributed by atoms with E-state index in [1.165, 1.54) is 6.07 Å². The minimum atomic E-state index is -0.280. The molecule has 0 aliphatic rings. The summed E-state index contributed by atoms with van der Waals surface area (Å²) in [5, 5.41) is 5.73. The van der Waals surface area contributed by atoms with Crippen molar-refractivity contribution in [1.82, 2.24) is 5.32 Å². The molecule has 28 heavy (non-hydrogen) atoms. The average molecular weight is 401 g/mol. The Balaban J connectivity index is 1.89. The smallest absolute Gasteiger partial charge is 0.252 e. The fraction of sp³-hybridized carbons (Fsp3) is 0.318. The van der Waals surface area contributed by atoms with E-state index in [4.69, 9.17) is 11.6 Å². The van der Waals surface area contributed by atoms with Gasteiger partial charge in [0.15, 0.2) is 5.78 Å². The number of rotatable bonds is 9. The average Bonchev–Trinajstić information content (AvgIpc) is 2.70. The van der Waals surface area contributed by atoms with Crippen molar-refractivity contribution in [2.45, 2.75) is 39.5 Å². The molecule has 0 unspecified atom stereocenters. The van der Waals surface area contributed by atoms with Gasteiger partial charge in [-0.15, -0.1) is 0 Å². The van der Waals surface area contributed by atoms with Crippen molar-refractivity contribution in [3.63, 3.8) is 0 Å². The van der Waals surface area contributed by atoms with Crippen LogP contribution in [-0.4, -0.2) is 24.1 Å². The zero-order chi connectivity index (χ0) is 20.5. The van der Waals surface area contributed by atoms with Gasteiger partial charge in [-0.1, -0.05) is 49.7 Å². The van der Waals surface area contributed by atoms with Crippen LogP contribution in [0.3, 0.4) is 0 Å². The molecule has 2 rings (SSSR count). The highest BCUT2D eigenvalue weighted by atomic mass is 35.5. The number of carbonyl (C=O) groups excluding carboxylic acids is 3. The molecule has 0 heterocycles. The third-order valence-corrected chi connectivity index (χ3v) is 4.61. The third kappa shape index (κ3) is 6.20. The molecule has 0 radical (unpaired) electrons. The Bertz CT molecular complexity index is 847. The van der Waals surface area contributed by atoms with E-state index in [2.05, 4.69) is 17.6 Å². The number of halogens is 1. The Labute approximate surface area is 170 Å². The molecular weight excluding hydrogens is 376 g/mol. The Morgan fingerprint density at radius 2 is 1.68 bits per heavy atom. The summed E-state index contributed by atoms with van der Waals surface area (Å²) in [5.74, 6) is -0.596. The van der Waals surface area contributed by atoms with Crippen LogP contribution in [0.5, 0.6) is 0 Å². The van der Waals surface area contributed by atoms with E-state index in [-0.39, 0.29) is 35.5 Å². The lowest BCUT2D eigenvalue weighted by atomic mass is 10.0. The molecular formula is C22H25ClN2O3. The van der Waals surface area contributed by atoms with Gasteiger partial charge in [0.1, 0.15) is 0 Å². The highest BCUT2D eigenvalue weighted by molar-refractivity contribution is 6.34. The Hall–Kier alpha value is -2.66. The van der Waals surface area contributed by atoms with Gasteiger partial charge in [0.2, 0.25) is 5.91 Å². The molecule has 0 atom stereocenters. The monoisotopic (exact) mass is 400 g/mol. The largest absolute Gasteiger partial charge is 0.352 e. The summed E-state index contributed by atoms with van der Waals surface area (Å²) < 4.78 is 0. The quantitative estimate of drug-likeness (QED) is 0.602. The number of hydrogen-bond acceptors (Lipinski definition) is 3. The maximum absolute atomic E-state index is 12.2. The van der Waals surface area contributed by atoms with Crippen molar-refractivity contribution in [3.05, 3.63) is 64.2 Å². The molecule has 6 heteroatoms. The summed E-state index contributed by atoms with van der Waals surface area (Å²) >= 11 is 6.15. The van der Waals surface area contributed by atoms with Gasteiger partial charge in [0.05, 0.1) is 10.6 Å². The summed E-state index contributed by atoms with van der Waals surface area (Å²) in [6, 6.07) is 12.2. The molecule has 2 aromatic rings. The molecule has 0 spiro atoms.